The van der Waals surface area contributed by atoms with Gasteiger partial charge in [-0.2, -0.15) is 0 Å². The minimum absolute atomic E-state index is 0.0266. The minimum atomic E-state index is -1.73. The van der Waals surface area contributed by atoms with Gasteiger partial charge in [-0.1, -0.05) is 77.9 Å². The van der Waals surface area contributed by atoms with Crippen molar-refractivity contribution >= 4 is 68.9 Å². The fraction of sp³-hybridized carbons (Fsp3) is 0.459. The molecule has 0 spiro atoms. The van der Waals surface area contributed by atoms with Gasteiger partial charge in [0.25, 0.3) is 0 Å². The number of carbonyl (C=O) groups excluding carboxylic acids is 7. The Morgan fingerprint density at radius 1 is 0.877 bits per heavy atom. The highest BCUT2D eigenvalue weighted by molar-refractivity contribution is 8.77. The van der Waals surface area contributed by atoms with E-state index in [0.29, 0.717) is 11.1 Å². The molecule has 20 heteroatoms. The predicted octanol–water partition coefficient (Wildman–Crippen LogP) is -1.17. The maximum absolute atomic E-state index is 14.0. The first kappa shape index (κ1) is 46.0. The number of phenols is 1. The number of amides is 7. The van der Waals surface area contributed by atoms with E-state index in [1.165, 1.54) is 12.1 Å². The number of benzene rings is 2. The van der Waals surface area contributed by atoms with Crippen LogP contribution >= 0.6 is 21.6 Å². The second-order valence-corrected chi connectivity index (χ2v) is 17.3. The van der Waals surface area contributed by atoms with E-state index in [1.54, 1.807) is 70.2 Å². The number of aromatic hydroxyl groups is 1. The van der Waals surface area contributed by atoms with Crippen LogP contribution in [0.15, 0.2) is 54.6 Å². The van der Waals surface area contributed by atoms with Crippen molar-refractivity contribution in [1.82, 2.24) is 31.9 Å². The Labute approximate surface area is 337 Å². The predicted molar refractivity (Wildman–Crippen MR) is 213 cm³/mol. The number of hydrogen-bond donors (Lipinski definition) is 10. The Hall–Kier alpha value is -5.34. The molecule has 0 radical (unpaired) electrons. The van der Waals surface area contributed by atoms with E-state index in [0.717, 1.165) is 21.6 Å². The molecule has 18 nitrogen and oxygen atoms in total. The third-order valence-corrected chi connectivity index (χ3v) is 12.0. The average Bonchev–Trinajstić information content (AvgIpc) is 3.14. The molecule has 57 heavy (non-hydrogen) atoms. The number of carboxylic acid groups (broad SMARTS) is 1. The molecule has 3 rings (SSSR count). The lowest BCUT2D eigenvalue weighted by molar-refractivity contribution is -0.141. The van der Waals surface area contributed by atoms with Crippen LogP contribution in [0.4, 0.5) is 0 Å². The average molecular weight is 831 g/mol. The Morgan fingerprint density at radius 3 is 2.09 bits per heavy atom. The summed E-state index contributed by atoms with van der Waals surface area (Å²) >= 11 is 0. The first-order chi connectivity index (χ1) is 26.8. The van der Waals surface area contributed by atoms with Crippen LogP contribution in [0.3, 0.4) is 0 Å². The summed E-state index contributed by atoms with van der Waals surface area (Å²) in [6, 6.07) is 6.45. The van der Waals surface area contributed by atoms with Crippen molar-refractivity contribution in [3.63, 3.8) is 0 Å². The van der Waals surface area contributed by atoms with Crippen LogP contribution in [0.25, 0.3) is 0 Å². The summed E-state index contributed by atoms with van der Waals surface area (Å²) in [7, 11) is 2.11. The number of carbonyl (C=O) groups is 8. The fourth-order valence-electron chi connectivity index (χ4n) is 5.58. The lowest BCUT2D eigenvalue weighted by atomic mass is 9.98. The van der Waals surface area contributed by atoms with Gasteiger partial charge in [-0.25, -0.2) is 0 Å². The molecule has 2 aromatic rings. The van der Waals surface area contributed by atoms with E-state index in [4.69, 9.17) is 11.5 Å². The normalized spacial score (nSPS) is 21.3. The number of rotatable bonds is 14. The van der Waals surface area contributed by atoms with Gasteiger partial charge in [0.15, 0.2) is 0 Å². The number of phenolic OH excluding ortho intramolecular Hbond substituents is 1. The van der Waals surface area contributed by atoms with Crippen molar-refractivity contribution in [3.05, 3.63) is 65.7 Å². The molecular formula is C37H50N8O10S2. The summed E-state index contributed by atoms with van der Waals surface area (Å²) < 4.78 is -1.27. The van der Waals surface area contributed by atoms with Crippen LogP contribution in [0, 0.1) is 5.92 Å². The summed E-state index contributed by atoms with van der Waals surface area (Å²) in [5, 5.41) is 34.6. The molecular weight excluding hydrogens is 781 g/mol. The van der Waals surface area contributed by atoms with Gasteiger partial charge in [-0.3, -0.25) is 38.4 Å². The standard InChI is InChI=1S/C37H50N8O10S2/c1-19(2)29(35(54)40-17-27(39)47)44-36(55)30-37(3,4)57-56-18-26(43-31(50)23(38)14-21-10-12-22(46)13-11-21)34(53)41-24(15-20-8-6-5-7-9-20)32(51)42-25(16-28(48)49)33(52)45-30/h5-13,19,23-26,29-30,46H,14-18,38H2,1-4H3,(H2,39,47)(H,40,54)(H,41,53)(H,42,51)(H,43,50)(H,44,55)(H,45,52)(H,48,49)/t23-,24-,25+,26-,29+,30-/m0/s1. The molecule has 0 aliphatic carbocycles. The molecule has 310 valence electrons. The Kier molecular flexibility index (Phi) is 17.2. The molecule has 0 aromatic heterocycles. The maximum Gasteiger partial charge on any atom is 0.305 e. The van der Waals surface area contributed by atoms with Crippen LogP contribution in [-0.4, -0.2) is 111 Å². The van der Waals surface area contributed by atoms with Gasteiger partial charge in [-0.05, 0) is 49.4 Å². The summed E-state index contributed by atoms with van der Waals surface area (Å²) in [4.78, 5) is 105. The first-order valence-corrected chi connectivity index (χ1v) is 20.3. The Balaban J connectivity index is 2.02. The van der Waals surface area contributed by atoms with Crippen LogP contribution in [-0.2, 0) is 51.2 Å². The number of primary amides is 1. The first-order valence-electron chi connectivity index (χ1n) is 17.9. The summed E-state index contributed by atoms with van der Waals surface area (Å²) in [6.45, 7) is 5.94. The van der Waals surface area contributed by atoms with Gasteiger partial charge in [0, 0.05) is 16.9 Å². The highest BCUT2D eigenvalue weighted by Crippen LogP contribution is 2.39. The molecule has 1 heterocycles. The maximum atomic E-state index is 14.0. The quantitative estimate of drug-likeness (QED) is 0.101. The van der Waals surface area contributed by atoms with Gasteiger partial charge in [-0.15, -0.1) is 0 Å². The van der Waals surface area contributed by atoms with Crippen LogP contribution in [0.1, 0.15) is 45.2 Å². The fourth-order valence-corrected chi connectivity index (χ4v) is 8.40. The summed E-state index contributed by atoms with van der Waals surface area (Å²) in [6.07, 6.45) is -0.926. The largest absolute Gasteiger partial charge is 0.508 e. The van der Waals surface area contributed by atoms with Crippen LogP contribution in [0.5, 0.6) is 5.75 Å². The number of hydrogen-bond acceptors (Lipinski definition) is 12. The zero-order valence-electron chi connectivity index (χ0n) is 31.9. The van der Waals surface area contributed by atoms with E-state index in [-0.39, 0.29) is 24.3 Å². The van der Waals surface area contributed by atoms with Crippen molar-refractivity contribution in [2.45, 2.75) is 88.0 Å². The summed E-state index contributed by atoms with van der Waals surface area (Å²) in [5.74, 6) is -7.88. The van der Waals surface area contributed by atoms with E-state index in [2.05, 4.69) is 31.9 Å². The second kappa shape index (κ2) is 21.3. The summed E-state index contributed by atoms with van der Waals surface area (Å²) in [5.41, 5.74) is 12.6. The second-order valence-electron chi connectivity index (χ2n) is 14.3. The number of carboxylic acids is 1. The van der Waals surface area contributed by atoms with Crippen molar-refractivity contribution in [2.75, 3.05) is 12.3 Å². The highest BCUT2D eigenvalue weighted by atomic mass is 33.1. The van der Waals surface area contributed by atoms with Gasteiger partial charge >= 0.3 is 5.97 Å². The molecule has 1 aliphatic heterocycles. The number of aliphatic carboxylic acids is 1. The van der Waals surface area contributed by atoms with Crippen molar-refractivity contribution in [1.29, 1.82) is 0 Å². The van der Waals surface area contributed by atoms with E-state index < -0.39 is 107 Å². The third kappa shape index (κ3) is 14.6. The molecule has 1 saturated heterocycles. The van der Waals surface area contributed by atoms with Gasteiger partial charge in [0.05, 0.1) is 19.0 Å². The monoisotopic (exact) mass is 830 g/mol. The van der Waals surface area contributed by atoms with Gasteiger partial charge in [0.1, 0.15) is 36.0 Å². The molecule has 0 saturated carbocycles. The molecule has 1 fully saturated rings. The molecule has 2 aromatic carbocycles. The van der Waals surface area contributed by atoms with Gasteiger partial charge in [0.2, 0.25) is 41.4 Å². The highest BCUT2D eigenvalue weighted by Gasteiger charge is 2.42. The lowest BCUT2D eigenvalue weighted by Gasteiger charge is -2.36. The molecule has 1 aliphatic rings. The van der Waals surface area contributed by atoms with E-state index in [9.17, 15) is 48.6 Å². The molecule has 6 atom stereocenters. The van der Waals surface area contributed by atoms with Gasteiger partial charge < -0.3 is 53.6 Å². The third-order valence-electron chi connectivity index (χ3n) is 8.73. The van der Waals surface area contributed by atoms with E-state index >= 15 is 0 Å². The van der Waals surface area contributed by atoms with Crippen molar-refractivity contribution in [3.8, 4) is 5.75 Å². The SMILES string of the molecule is CC(C)[C@@H](NC(=O)[C@@H]1NC(=O)[C@@H](CC(=O)O)NC(=O)[C@H](Cc2ccccc2)NC(=O)[C@@H](NC(=O)[C@@H](N)Cc2ccc(O)cc2)CSSC1(C)C)C(=O)NCC(N)=O. The van der Waals surface area contributed by atoms with Crippen LogP contribution in [0.2, 0.25) is 0 Å². The number of nitrogens with two attached hydrogens (primary N) is 2. The topological polar surface area (TPSA) is 301 Å². The smallest absolute Gasteiger partial charge is 0.305 e. The number of nitrogens with one attached hydrogen (secondary N) is 6. The minimum Gasteiger partial charge on any atom is -0.508 e. The Bertz CT molecular complexity index is 1780. The molecule has 12 N–H and O–H groups in total. The van der Waals surface area contributed by atoms with Crippen LogP contribution < -0.4 is 43.4 Å². The van der Waals surface area contributed by atoms with Crippen molar-refractivity contribution in [2.24, 2.45) is 17.4 Å². The Morgan fingerprint density at radius 2 is 1.49 bits per heavy atom. The van der Waals surface area contributed by atoms with E-state index in [1.807, 2.05) is 0 Å². The van der Waals surface area contributed by atoms with Crippen molar-refractivity contribution < 1.29 is 48.6 Å². The molecule has 0 unspecified atom stereocenters. The zero-order chi connectivity index (χ0) is 42.4. The molecule has 7 amide bonds. The molecule has 0 bridgehead atoms. The lowest BCUT2D eigenvalue weighted by Crippen LogP contribution is -2.64. The zero-order valence-corrected chi connectivity index (χ0v) is 33.5.